The maximum absolute atomic E-state index is 13.4. The van der Waals surface area contributed by atoms with E-state index >= 15 is 0 Å². The summed E-state index contributed by atoms with van der Waals surface area (Å²) < 4.78 is 40.3. The molecule has 2 aliphatic rings. The third-order valence-electron chi connectivity index (χ3n) is 5.46. The van der Waals surface area contributed by atoms with Crippen LogP contribution in [0.2, 0.25) is 5.02 Å². The van der Waals surface area contributed by atoms with Crippen molar-refractivity contribution in [2.24, 2.45) is 0 Å². The molecule has 1 saturated heterocycles. The molecule has 1 aliphatic carbocycles. The van der Waals surface area contributed by atoms with Gasteiger partial charge in [0, 0.05) is 43.9 Å². The summed E-state index contributed by atoms with van der Waals surface area (Å²) in [6.45, 7) is 0.585. The first kappa shape index (κ1) is 22.4. The summed E-state index contributed by atoms with van der Waals surface area (Å²) in [6.07, 6.45) is 1.81. The first-order valence-electron chi connectivity index (χ1n) is 9.96. The minimum absolute atomic E-state index is 0.0817. The van der Waals surface area contributed by atoms with E-state index in [1.165, 1.54) is 22.5 Å². The van der Waals surface area contributed by atoms with Crippen molar-refractivity contribution in [1.29, 1.82) is 0 Å². The molecule has 0 atom stereocenters. The van der Waals surface area contributed by atoms with Crippen molar-refractivity contribution in [2.75, 3.05) is 31.1 Å². The second-order valence-electron chi connectivity index (χ2n) is 7.68. The van der Waals surface area contributed by atoms with Crippen LogP contribution >= 0.6 is 11.6 Å². The molecule has 2 aromatic carbocycles. The third kappa shape index (κ3) is 4.54. The molecule has 1 amide bonds. The Labute approximate surface area is 189 Å². The van der Waals surface area contributed by atoms with Gasteiger partial charge in [0.2, 0.25) is 10.0 Å². The van der Waals surface area contributed by atoms with E-state index < -0.39 is 20.8 Å². The second kappa shape index (κ2) is 8.64. The van der Waals surface area contributed by atoms with Gasteiger partial charge in [0.25, 0.3) is 11.6 Å². The Bertz CT molecular complexity index is 1180. The summed E-state index contributed by atoms with van der Waals surface area (Å²) in [4.78, 5) is 24.9. The van der Waals surface area contributed by atoms with Crippen LogP contribution in [0.25, 0.3) is 0 Å². The molecule has 0 spiro atoms. The number of piperazine rings is 1. The highest BCUT2D eigenvalue weighted by molar-refractivity contribution is 7.89. The Hall–Kier alpha value is -2.76. The van der Waals surface area contributed by atoms with Crippen LogP contribution in [0.1, 0.15) is 23.2 Å². The first-order chi connectivity index (χ1) is 15.2. The van der Waals surface area contributed by atoms with E-state index in [-0.39, 0.29) is 59.3 Å². The average molecular weight is 483 g/mol. The van der Waals surface area contributed by atoms with E-state index in [9.17, 15) is 27.7 Å². The molecule has 1 saturated carbocycles. The minimum atomic E-state index is -3.89. The van der Waals surface area contributed by atoms with Gasteiger partial charge in [-0.15, -0.1) is 0 Å². The number of hydrogen-bond acceptors (Lipinski definition) is 6. The van der Waals surface area contributed by atoms with Crippen molar-refractivity contribution in [2.45, 2.75) is 23.8 Å². The second-order valence-corrected chi connectivity index (χ2v) is 10.0. The Kier molecular flexibility index (Phi) is 6.06. The zero-order chi connectivity index (χ0) is 23.0. The van der Waals surface area contributed by atoms with E-state index in [1.807, 2.05) is 0 Å². The molecule has 2 aromatic rings. The van der Waals surface area contributed by atoms with Gasteiger partial charge < -0.3 is 10.2 Å². The lowest BCUT2D eigenvalue weighted by Crippen LogP contribution is -2.48. The number of benzene rings is 2. The lowest BCUT2D eigenvalue weighted by Gasteiger charge is -2.35. The third-order valence-corrected chi connectivity index (χ3v) is 7.64. The highest BCUT2D eigenvalue weighted by atomic mass is 35.5. The van der Waals surface area contributed by atoms with Gasteiger partial charge in [-0.25, -0.2) is 12.8 Å². The lowest BCUT2D eigenvalue weighted by molar-refractivity contribution is -0.384. The summed E-state index contributed by atoms with van der Waals surface area (Å²) in [5, 5.41) is 14.2. The van der Waals surface area contributed by atoms with Crippen LogP contribution in [0.4, 0.5) is 15.8 Å². The highest BCUT2D eigenvalue weighted by Crippen LogP contribution is 2.31. The van der Waals surface area contributed by atoms with Crippen molar-refractivity contribution >= 4 is 38.9 Å². The summed E-state index contributed by atoms with van der Waals surface area (Å²) in [5.74, 6) is -1.06. The summed E-state index contributed by atoms with van der Waals surface area (Å²) in [7, 11) is -3.89. The molecule has 0 radical (unpaired) electrons. The predicted octanol–water partition coefficient (Wildman–Crippen LogP) is 2.79. The zero-order valence-corrected chi connectivity index (χ0v) is 18.4. The standard InChI is InChI=1S/C20H20ClFN4O5S/c21-16-12-15(4-5-17(16)22)32(30,31)25-9-7-24(8-10-25)18-6-1-13(11-19(18)26(28)29)20(27)23-14-2-3-14/h1,4-6,11-12,14H,2-3,7-10H2,(H,23,27). The predicted molar refractivity (Wildman–Crippen MR) is 116 cm³/mol. The number of nitrogens with zero attached hydrogens (tertiary/aromatic N) is 3. The average Bonchev–Trinajstić information content (AvgIpc) is 3.59. The Morgan fingerprint density at radius 2 is 1.81 bits per heavy atom. The van der Waals surface area contributed by atoms with Crippen LogP contribution < -0.4 is 10.2 Å². The number of halogens is 2. The molecular weight excluding hydrogens is 463 g/mol. The number of amides is 1. The smallest absolute Gasteiger partial charge is 0.293 e. The topological polar surface area (TPSA) is 113 Å². The molecule has 0 unspecified atom stereocenters. The van der Waals surface area contributed by atoms with Crippen molar-refractivity contribution in [3.63, 3.8) is 0 Å². The van der Waals surface area contributed by atoms with Gasteiger partial charge in [-0.1, -0.05) is 11.6 Å². The van der Waals surface area contributed by atoms with Crippen LogP contribution in [-0.2, 0) is 10.0 Å². The highest BCUT2D eigenvalue weighted by Gasteiger charge is 2.32. The van der Waals surface area contributed by atoms with Gasteiger partial charge in [0.15, 0.2) is 0 Å². The van der Waals surface area contributed by atoms with Crippen LogP contribution in [-0.4, -0.2) is 55.8 Å². The van der Waals surface area contributed by atoms with Gasteiger partial charge in [0.05, 0.1) is 14.8 Å². The van der Waals surface area contributed by atoms with E-state index in [2.05, 4.69) is 5.32 Å². The first-order valence-corrected chi connectivity index (χ1v) is 11.8. The molecule has 1 N–H and O–H groups in total. The number of nitrogens with one attached hydrogen (secondary N) is 1. The minimum Gasteiger partial charge on any atom is -0.363 e. The number of sulfonamides is 1. The maximum atomic E-state index is 13.4. The molecule has 1 aliphatic heterocycles. The lowest BCUT2D eigenvalue weighted by atomic mass is 10.1. The number of rotatable bonds is 6. The van der Waals surface area contributed by atoms with Gasteiger partial charge >= 0.3 is 0 Å². The van der Waals surface area contributed by atoms with Crippen LogP contribution in [0.15, 0.2) is 41.3 Å². The normalized spacial score (nSPS) is 17.2. The van der Waals surface area contributed by atoms with Crippen LogP contribution in [0.5, 0.6) is 0 Å². The number of nitro groups is 1. The van der Waals surface area contributed by atoms with Crippen molar-refractivity contribution in [3.8, 4) is 0 Å². The van der Waals surface area contributed by atoms with Crippen molar-refractivity contribution < 1.29 is 22.5 Å². The molecule has 1 heterocycles. The zero-order valence-electron chi connectivity index (χ0n) is 16.8. The SMILES string of the molecule is O=C(NC1CC1)c1ccc(N2CCN(S(=O)(=O)c3ccc(F)c(Cl)c3)CC2)c([N+](=O)[O-])c1. The maximum Gasteiger partial charge on any atom is 0.293 e. The number of carbonyl (C=O) groups is 1. The Morgan fingerprint density at radius 3 is 2.41 bits per heavy atom. The summed E-state index contributed by atoms with van der Waals surface area (Å²) in [6, 6.07) is 7.64. The molecule has 4 rings (SSSR count). The molecule has 9 nitrogen and oxygen atoms in total. The number of anilines is 1. The van der Waals surface area contributed by atoms with Gasteiger partial charge in [-0.3, -0.25) is 14.9 Å². The molecule has 32 heavy (non-hydrogen) atoms. The number of hydrogen-bond donors (Lipinski definition) is 1. The Morgan fingerprint density at radius 1 is 1.12 bits per heavy atom. The molecule has 12 heteroatoms. The molecule has 170 valence electrons. The van der Waals surface area contributed by atoms with Gasteiger partial charge in [-0.2, -0.15) is 4.31 Å². The van der Waals surface area contributed by atoms with Crippen LogP contribution in [0.3, 0.4) is 0 Å². The van der Waals surface area contributed by atoms with Gasteiger partial charge in [0.1, 0.15) is 11.5 Å². The molecule has 0 aromatic heterocycles. The largest absolute Gasteiger partial charge is 0.363 e. The van der Waals surface area contributed by atoms with Crippen molar-refractivity contribution in [1.82, 2.24) is 9.62 Å². The van der Waals surface area contributed by atoms with Crippen molar-refractivity contribution in [3.05, 3.63) is 62.9 Å². The summed E-state index contributed by atoms with van der Waals surface area (Å²) in [5.41, 5.74) is 0.316. The number of nitro benzene ring substituents is 1. The van der Waals surface area contributed by atoms with E-state index in [1.54, 1.807) is 4.90 Å². The summed E-state index contributed by atoms with van der Waals surface area (Å²) >= 11 is 5.72. The van der Waals surface area contributed by atoms with E-state index in [0.717, 1.165) is 31.0 Å². The quantitative estimate of drug-likeness (QED) is 0.500. The Balaban J connectivity index is 1.50. The molecular formula is C20H20ClFN4O5S. The fraction of sp³-hybridized carbons (Fsp3) is 0.350. The van der Waals surface area contributed by atoms with E-state index in [4.69, 9.17) is 11.6 Å². The fourth-order valence-corrected chi connectivity index (χ4v) is 5.22. The fourth-order valence-electron chi connectivity index (χ4n) is 3.53. The number of carbonyl (C=O) groups excluding carboxylic acids is 1. The van der Waals surface area contributed by atoms with E-state index in [0.29, 0.717) is 5.69 Å². The monoisotopic (exact) mass is 482 g/mol. The molecule has 0 bridgehead atoms. The van der Waals surface area contributed by atoms with Crippen LogP contribution in [0, 0.1) is 15.9 Å². The van der Waals surface area contributed by atoms with Gasteiger partial charge in [-0.05, 0) is 43.2 Å². The molecule has 2 fully saturated rings.